The molecule has 0 bridgehead atoms. The van der Waals surface area contributed by atoms with Crippen molar-refractivity contribution in [1.29, 1.82) is 0 Å². The number of para-hydroxylation sites is 3. The number of fused-ring (bicyclic) bond motifs is 8. The summed E-state index contributed by atoms with van der Waals surface area (Å²) in [6, 6.07) is 53.4. The molecule has 0 N–H and O–H groups in total. The van der Waals surface area contributed by atoms with Crippen molar-refractivity contribution < 1.29 is 0 Å². The minimum Gasteiger partial charge on any atom is -0.310 e. The fraction of sp³-hybridized carbons (Fsp3) is 0.0732. The van der Waals surface area contributed by atoms with Crippen LogP contribution in [0.2, 0.25) is 0 Å². The lowest BCUT2D eigenvalue weighted by Crippen LogP contribution is -2.26. The second-order valence-electron chi connectivity index (χ2n) is 12.2. The Hall–Kier alpha value is -5.34. The molecule has 2 heterocycles. The molecule has 204 valence electrons. The molecule has 1 aliphatic heterocycles. The Labute approximate surface area is 251 Å². The van der Waals surface area contributed by atoms with Crippen molar-refractivity contribution >= 4 is 60.4 Å². The molecule has 0 atom stereocenters. The summed E-state index contributed by atoms with van der Waals surface area (Å²) in [5.74, 6) is 0. The Morgan fingerprint density at radius 2 is 1.16 bits per heavy atom. The average molecular weight is 551 g/mol. The van der Waals surface area contributed by atoms with Crippen LogP contribution in [-0.2, 0) is 5.41 Å². The molecule has 43 heavy (non-hydrogen) atoms. The molecule has 0 amide bonds. The highest BCUT2D eigenvalue weighted by atomic mass is 15.1. The molecule has 2 heteroatoms. The first-order valence-electron chi connectivity index (χ1n) is 15.0. The van der Waals surface area contributed by atoms with E-state index in [1.165, 1.54) is 65.9 Å². The minimum atomic E-state index is -0.0800. The van der Waals surface area contributed by atoms with Crippen LogP contribution >= 0.6 is 0 Å². The summed E-state index contributed by atoms with van der Waals surface area (Å²) in [6.45, 7) is 4.71. The molecule has 0 saturated carbocycles. The van der Waals surface area contributed by atoms with Crippen LogP contribution in [0.1, 0.15) is 25.0 Å². The van der Waals surface area contributed by atoms with Crippen molar-refractivity contribution in [3.63, 3.8) is 0 Å². The summed E-state index contributed by atoms with van der Waals surface area (Å²) >= 11 is 0. The third-order valence-electron chi connectivity index (χ3n) is 9.52. The zero-order valence-electron chi connectivity index (χ0n) is 24.3. The summed E-state index contributed by atoms with van der Waals surface area (Å²) in [5, 5.41) is 7.60. The Bertz CT molecular complexity index is 2380. The number of hydrogen-bond acceptors (Lipinski definition) is 1. The van der Waals surface area contributed by atoms with Crippen LogP contribution in [0.4, 0.5) is 17.1 Å². The highest BCUT2D eigenvalue weighted by Gasteiger charge is 2.34. The van der Waals surface area contributed by atoms with Crippen molar-refractivity contribution in [2.45, 2.75) is 19.3 Å². The Balaban J connectivity index is 1.37. The first kappa shape index (κ1) is 24.3. The van der Waals surface area contributed by atoms with Crippen LogP contribution < -0.4 is 4.90 Å². The third kappa shape index (κ3) is 3.35. The number of hydrogen-bond donors (Lipinski definition) is 0. The maximum absolute atomic E-state index is 2.49. The standard InChI is InChI=1S/C41H30N2/c1-41(2)35-20-10-11-22-38(35)43-37-24-23-29(26-34(37)33-19-12-21-36(41)40(33)43)42(28-14-4-3-5-15-28)39-25-27-13-6-7-16-30(27)31-17-8-9-18-32(31)39/h3-26H,1-2H3. The molecule has 0 radical (unpaired) electrons. The molecule has 7 aromatic carbocycles. The van der Waals surface area contributed by atoms with Gasteiger partial charge in [0.05, 0.1) is 22.4 Å². The van der Waals surface area contributed by atoms with E-state index in [-0.39, 0.29) is 5.41 Å². The molecular formula is C41H30N2. The van der Waals surface area contributed by atoms with Gasteiger partial charge in [-0.3, -0.25) is 0 Å². The van der Waals surface area contributed by atoms with Crippen LogP contribution in [0.3, 0.4) is 0 Å². The molecule has 1 aromatic heterocycles. The first-order chi connectivity index (χ1) is 21.1. The van der Waals surface area contributed by atoms with E-state index in [9.17, 15) is 0 Å². The summed E-state index contributed by atoms with van der Waals surface area (Å²) in [5.41, 5.74) is 9.97. The van der Waals surface area contributed by atoms with Crippen molar-refractivity contribution in [1.82, 2.24) is 4.57 Å². The van der Waals surface area contributed by atoms with Crippen molar-refractivity contribution in [2.24, 2.45) is 0 Å². The number of nitrogens with zero attached hydrogens (tertiary/aromatic N) is 2. The Morgan fingerprint density at radius 1 is 0.488 bits per heavy atom. The van der Waals surface area contributed by atoms with Crippen molar-refractivity contribution in [2.75, 3.05) is 4.90 Å². The average Bonchev–Trinajstić information content (AvgIpc) is 3.39. The van der Waals surface area contributed by atoms with Gasteiger partial charge in [0.1, 0.15) is 0 Å². The maximum Gasteiger partial charge on any atom is 0.0582 e. The van der Waals surface area contributed by atoms with Gasteiger partial charge in [-0.15, -0.1) is 0 Å². The van der Waals surface area contributed by atoms with E-state index in [4.69, 9.17) is 0 Å². The van der Waals surface area contributed by atoms with E-state index in [0.29, 0.717) is 0 Å². The lowest BCUT2D eigenvalue weighted by atomic mass is 9.75. The monoisotopic (exact) mass is 550 g/mol. The summed E-state index contributed by atoms with van der Waals surface area (Å²) < 4.78 is 2.49. The van der Waals surface area contributed by atoms with Gasteiger partial charge in [-0.2, -0.15) is 0 Å². The molecule has 0 saturated heterocycles. The summed E-state index contributed by atoms with van der Waals surface area (Å²) in [4.78, 5) is 2.43. The van der Waals surface area contributed by atoms with Gasteiger partial charge in [-0.25, -0.2) is 0 Å². The van der Waals surface area contributed by atoms with Crippen molar-refractivity contribution in [3.05, 3.63) is 157 Å². The molecule has 1 aliphatic rings. The fourth-order valence-corrected chi connectivity index (χ4v) is 7.52. The van der Waals surface area contributed by atoms with Crippen molar-refractivity contribution in [3.8, 4) is 5.69 Å². The summed E-state index contributed by atoms with van der Waals surface area (Å²) in [7, 11) is 0. The van der Waals surface area contributed by atoms with E-state index < -0.39 is 0 Å². The highest BCUT2D eigenvalue weighted by Crippen LogP contribution is 2.49. The topological polar surface area (TPSA) is 8.17 Å². The minimum absolute atomic E-state index is 0.0800. The molecule has 0 spiro atoms. The van der Waals surface area contributed by atoms with E-state index in [0.717, 1.165) is 11.4 Å². The first-order valence-corrected chi connectivity index (χ1v) is 15.0. The van der Waals surface area contributed by atoms with Gasteiger partial charge < -0.3 is 9.47 Å². The number of aromatic nitrogens is 1. The van der Waals surface area contributed by atoms with Crippen LogP contribution in [0, 0.1) is 0 Å². The van der Waals surface area contributed by atoms with Gasteiger partial charge in [-0.05, 0) is 69.8 Å². The SMILES string of the molecule is CC1(C)c2ccccc2-n2c3ccc(N(c4ccccc4)c4cc5ccccc5c5ccccc45)cc3c3cccc1c32. The van der Waals surface area contributed by atoms with Crippen LogP contribution in [-0.4, -0.2) is 4.57 Å². The quantitative estimate of drug-likeness (QED) is 0.199. The smallest absolute Gasteiger partial charge is 0.0582 e. The Kier molecular flexibility index (Phi) is 4.99. The van der Waals surface area contributed by atoms with E-state index in [1.807, 2.05) is 0 Å². The van der Waals surface area contributed by atoms with E-state index in [2.05, 4.69) is 169 Å². The predicted molar refractivity (Wildman–Crippen MR) is 183 cm³/mol. The molecule has 2 nitrogen and oxygen atoms in total. The van der Waals surface area contributed by atoms with Gasteiger partial charge in [0.2, 0.25) is 0 Å². The number of anilines is 3. The normalized spacial score (nSPS) is 13.5. The largest absolute Gasteiger partial charge is 0.310 e. The third-order valence-corrected chi connectivity index (χ3v) is 9.52. The summed E-state index contributed by atoms with van der Waals surface area (Å²) in [6.07, 6.45) is 0. The highest BCUT2D eigenvalue weighted by molar-refractivity contribution is 6.16. The van der Waals surface area contributed by atoms with Gasteiger partial charge in [0.25, 0.3) is 0 Å². The molecular weight excluding hydrogens is 520 g/mol. The second-order valence-corrected chi connectivity index (χ2v) is 12.2. The van der Waals surface area contributed by atoms with Gasteiger partial charge in [0, 0.05) is 32.9 Å². The molecule has 8 aromatic rings. The van der Waals surface area contributed by atoms with Gasteiger partial charge in [-0.1, -0.05) is 117 Å². The van der Waals surface area contributed by atoms with Gasteiger partial charge in [0.15, 0.2) is 0 Å². The molecule has 0 aliphatic carbocycles. The second kappa shape index (κ2) is 8.83. The fourth-order valence-electron chi connectivity index (χ4n) is 7.52. The zero-order chi connectivity index (χ0) is 28.7. The Morgan fingerprint density at radius 3 is 2.02 bits per heavy atom. The molecule has 0 unspecified atom stereocenters. The van der Waals surface area contributed by atoms with E-state index in [1.54, 1.807) is 0 Å². The number of rotatable bonds is 3. The molecule has 9 rings (SSSR count). The van der Waals surface area contributed by atoms with Crippen LogP contribution in [0.25, 0.3) is 49.0 Å². The van der Waals surface area contributed by atoms with Crippen LogP contribution in [0.5, 0.6) is 0 Å². The lowest BCUT2D eigenvalue weighted by molar-refractivity contribution is 0.630. The molecule has 0 fully saturated rings. The van der Waals surface area contributed by atoms with Gasteiger partial charge >= 0.3 is 0 Å². The van der Waals surface area contributed by atoms with E-state index >= 15 is 0 Å². The lowest BCUT2D eigenvalue weighted by Gasteiger charge is -2.34. The van der Waals surface area contributed by atoms with Crippen LogP contribution in [0.15, 0.2) is 146 Å². The predicted octanol–water partition coefficient (Wildman–Crippen LogP) is 11.2. The zero-order valence-corrected chi connectivity index (χ0v) is 24.3. The number of benzene rings is 7. The maximum atomic E-state index is 2.49.